The maximum Gasteiger partial charge on any atom is -1.00 e. The van der Waals surface area contributed by atoms with Crippen LogP contribution < -0.4 is 0 Å². The summed E-state index contributed by atoms with van der Waals surface area (Å²) in [6, 6.07) is 0. The van der Waals surface area contributed by atoms with Gasteiger partial charge in [-0.1, -0.05) is 0 Å². The number of hydrogen-bond acceptors (Lipinski definition) is 0. The molecule has 2 rings (SSSR count). The van der Waals surface area contributed by atoms with Crippen molar-refractivity contribution in [1.82, 2.24) is 0 Å². The second kappa shape index (κ2) is 4.61. The Morgan fingerprint density at radius 1 is 1.07 bits per heavy atom. The van der Waals surface area contributed by atoms with E-state index in [9.17, 15) is 0 Å². The zero-order valence-electron chi connectivity index (χ0n) is 11.0. The van der Waals surface area contributed by atoms with Gasteiger partial charge in [0.05, 0.1) is 0 Å². The minimum atomic E-state index is -0.972. The molecule has 0 saturated heterocycles. The molecule has 0 spiro atoms. The maximum atomic E-state index is 2.54. The molecule has 0 bridgehead atoms. The molecular weight excluding hydrogens is 220 g/mol. The van der Waals surface area contributed by atoms with Crippen LogP contribution in [0.15, 0.2) is 44.2 Å². The summed E-state index contributed by atoms with van der Waals surface area (Å²) in [6.07, 6.45) is 16.5. The smallest absolute Gasteiger partial charge is 1.00 e. The fourth-order valence-corrected chi connectivity index (χ4v) is 15.0. The second-order valence-electron chi connectivity index (χ2n) is 4.22. The average Bonchev–Trinajstić information content (AvgIpc) is 2.75. The Morgan fingerprint density at radius 2 is 1.57 bits per heavy atom. The van der Waals surface area contributed by atoms with Crippen LogP contribution in [0.25, 0.3) is 0 Å². The van der Waals surface area contributed by atoms with E-state index in [4.69, 9.17) is 0 Å². The first-order valence-electron chi connectivity index (χ1n) is 5.38. The molecule has 0 heterocycles. The molecule has 75 valence electrons. The predicted octanol–water partition coefficient (Wildman–Crippen LogP) is 3.50. The van der Waals surface area contributed by atoms with Gasteiger partial charge >= 0.3 is 93.9 Å². The molecule has 0 radical (unpaired) electrons. The molecule has 0 N–H and O–H groups in total. The van der Waals surface area contributed by atoms with Crippen LogP contribution in [0.3, 0.4) is 0 Å². The largest absolute Gasteiger partial charge is 1.00 e. The van der Waals surface area contributed by atoms with E-state index in [2.05, 4.69) is 49.6 Å². The molecule has 0 aliphatic heterocycles. The predicted molar refractivity (Wildman–Crippen MR) is 64.8 cm³/mol. The minimum absolute atomic E-state index is 0. The van der Waals surface area contributed by atoms with Crippen molar-refractivity contribution < 1.29 is 20.0 Å². The van der Waals surface area contributed by atoms with Gasteiger partial charge in [-0.2, -0.15) is 0 Å². The first-order valence-corrected chi connectivity index (χ1v) is 12.5. The quantitative estimate of drug-likeness (QED) is 0.661. The molecule has 0 saturated carbocycles. The zero-order valence-corrected chi connectivity index (χ0v) is 11.7. The summed E-state index contributed by atoms with van der Waals surface area (Å²) in [4.78, 5) is 0. The standard InChI is InChI=1S/2C5H5.C2H7Si.Ti.2H/c2*1-2-4-5-3-1;1-3-2;;;/h2*1-3H,4H2;3H,1-2H3;;;/q;;;+2;2*-1. The molecule has 2 aliphatic carbocycles. The molecule has 0 atom stereocenters. The van der Waals surface area contributed by atoms with Crippen molar-refractivity contribution in [2.45, 2.75) is 25.9 Å². The molecule has 0 amide bonds. The van der Waals surface area contributed by atoms with E-state index in [1.54, 1.807) is 0 Å². The Hall–Kier alpha value is -0.109. The molecule has 14 heavy (non-hydrogen) atoms. The van der Waals surface area contributed by atoms with Gasteiger partial charge in [-0.25, -0.2) is 0 Å². The van der Waals surface area contributed by atoms with Crippen molar-refractivity contribution >= 4 is 6.66 Å². The van der Waals surface area contributed by atoms with Crippen LogP contribution in [-0.2, 0) is 17.1 Å². The van der Waals surface area contributed by atoms with Crippen LogP contribution in [-0.4, -0.2) is 6.66 Å². The van der Waals surface area contributed by atoms with Crippen LogP contribution in [0, 0.1) is 0 Å². The van der Waals surface area contributed by atoms with E-state index in [0.717, 1.165) is 0 Å². The Morgan fingerprint density at radius 3 is 1.86 bits per heavy atom. The summed E-state index contributed by atoms with van der Waals surface area (Å²) < 4.78 is 3.64. The molecule has 0 fully saturated rings. The number of allylic oxidation sites excluding steroid dienone is 8. The maximum absolute atomic E-state index is 2.54. The van der Waals surface area contributed by atoms with Gasteiger partial charge in [0.15, 0.2) is 0 Å². The third-order valence-electron chi connectivity index (χ3n) is 2.81. The molecule has 2 aliphatic rings. The topological polar surface area (TPSA) is 0 Å². The van der Waals surface area contributed by atoms with Crippen LogP contribution in [0.4, 0.5) is 0 Å². The minimum Gasteiger partial charge on any atom is -1.00 e. The van der Waals surface area contributed by atoms with Crippen LogP contribution >= 0.6 is 0 Å². The van der Waals surface area contributed by atoms with Gasteiger partial charge < -0.3 is 2.85 Å². The molecule has 0 nitrogen and oxygen atoms in total. The van der Waals surface area contributed by atoms with Gasteiger partial charge in [0.25, 0.3) is 0 Å². The van der Waals surface area contributed by atoms with Crippen molar-refractivity contribution in [3.8, 4) is 0 Å². The van der Waals surface area contributed by atoms with E-state index in [1.165, 1.54) is 12.8 Å². The summed E-state index contributed by atoms with van der Waals surface area (Å²) >= 11 is -0.972. The van der Waals surface area contributed by atoms with Crippen molar-refractivity contribution in [3.63, 3.8) is 0 Å². The third kappa shape index (κ3) is 2.10. The van der Waals surface area contributed by atoms with Gasteiger partial charge in [-0.15, -0.1) is 0 Å². The SMILES string of the molecule is C[SiH](C)[Ti+2]([C]1=CC=CC1)[C]1=CC=CC1.[H-].[H-]. The van der Waals surface area contributed by atoms with Crippen molar-refractivity contribution in [2.75, 3.05) is 0 Å². The Bertz CT molecular complexity index is 313. The Balaban J connectivity index is 0.00000112. The van der Waals surface area contributed by atoms with Gasteiger partial charge in [-0.05, 0) is 0 Å². The molecule has 0 aromatic heterocycles. The fourth-order valence-electron chi connectivity index (χ4n) is 2.24. The summed E-state index contributed by atoms with van der Waals surface area (Å²) in [7, 11) is 0. The summed E-state index contributed by atoms with van der Waals surface area (Å²) in [5.74, 6) is 0. The monoisotopic (exact) mass is 239 g/mol. The van der Waals surface area contributed by atoms with E-state index in [1.807, 2.05) is 7.76 Å². The van der Waals surface area contributed by atoms with Gasteiger partial charge in [0, 0.05) is 0 Å². The first kappa shape index (κ1) is 10.4. The average molecular weight is 239 g/mol. The van der Waals surface area contributed by atoms with Gasteiger partial charge in [-0.3, -0.25) is 0 Å². The number of hydrogen-bond donors (Lipinski definition) is 0. The first-order chi connectivity index (χ1) is 6.79. The second-order valence-corrected chi connectivity index (χ2v) is 17.6. The van der Waals surface area contributed by atoms with E-state index < -0.39 is 23.8 Å². The van der Waals surface area contributed by atoms with Crippen LogP contribution in [0.1, 0.15) is 15.7 Å². The van der Waals surface area contributed by atoms with E-state index in [0.29, 0.717) is 0 Å². The van der Waals surface area contributed by atoms with E-state index >= 15 is 0 Å². The molecule has 0 aromatic carbocycles. The normalized spacial score (nSPS) is 19.1. The van der Waals surface area contributed by atoms with E-state index in [-0.39, 0.29) is 2.85 Å². The third-order valence-corrected chi connectivity index (χ3v) is 15.8. The van der Waals surface area contributed by atoms with Crippen molar-refractivity contribution in [1.29, 1.82) is 0 Å². The molecule has 2 heteroatoms. The summed E-state index contributed by atoms with van der Waals surface area (Å²) in [6.45, 7) is 4.63. The van der Waals surface area contributed by atoms with Crippen LogP contribution in [0.2, 0.25) is 13.1 Å². The molecular formula is C12H19SiTi. The van der Waals surface area contributed by atoms with Crippen molar-refractivity contribution in [2.24, 2.45) is 0 Å². The van der Waals surface area contributed by atoms with Gasteiger partial charge in [0.2, 0.25) is 0 Å². The zero-order chi connectivity index (χ0) is 9.97. The summed E-state index contributed by atoms with van der Waals surface area (Å²) in [5.41, 5.74) is 0. The van der Waals surface area contributed by atoms with Gasteiger partial charge in [0.1, 0.15) is 0 Å². The number of rotatable bonds is 3. The Labute approximate surface area is 96.7 Å². The molecule has 0 aromatic rings. The summed E-state index contributed by atoms with van der Waals surface area (Å²) in [5, 5.41) is 0. The fraction of sp³-hybridized carbons (Fsp3) is 0.333. The van der Waals surface area contributed by atoms with Crippen molar-refractivity contribution in [3.05, 3.63) is 44.2 Å². The molecule has 0 unspecified atom stereocenters. The van der Waals surface area contributed by atoms with Crippen LogP contribution in [0.5, 0.6) is 0 Å². The Kier molecular flexibility index (Phi) is 3.43.